The van der Waals surface area contributed by atoms with E-state index in [1.54, 1.807) is 4.68 Å². The minimum atomic E-state index is -0.417. The first kappa shape index (κ1) is 16.6. The average Bonchev–Trinajstić information content (AvgIpc) is 2.66. The van der Waals surface area contributed by atoms with Crippen LogP contribution in [0, 0.1) is 12.8 Å². The molecule has 0 amide bonds. The second-order valence-corrected chi connectivity index (χ2v) is 6.20. The minimum absolute atomic E-state index is 0.187. The summed E-state index contributed by atoms with van der Waals surface area (Å²) >= 11 is 0. The van der Waals surface area contributed by atoms with E-state index in [9.17, 15) is 4.79 Å². The number of esters is 1. The molecule has 0 bridgehead atoms. The average molecular weight is 283 g/mol. The molecule has 0 atom stereocenters. The van der Waals surface area contributed by atoms with E-state index >= 15 is 0 Å². The highest BCUT2D eigenvalue weighted by Crippen LogP contribution is 2.09. The van der Waals surface area contributed by atoms with Gasteiger partial charge in [0.25, 0.3) is 0 Å². The Hall–Kier alpha value is -1.43. The molecule has 0 fully saturated rings. The fourth-order valence-electron chi connectivity index (χ4n) is 1.51. The van der Waals surface area contributed by atoms with Crippen LogP contribution in [0.15, 0.2) is 0 Å². The number of hydrogen-bond donors (Lipinski definition) is 0. The monoisotopic (exact) mass is 283 g/mol. The summed E-state index contributed by atoms with van der Waals surface area (Å²) in [5.41, 5.74) is 0.797. The number of carbonyl (C=O) groups excluding carboxylic acids is 1. The zero-order valence-corrected chi connectivity index (χ0v) is 13.3. The molecule has 1 aromatic rings. The molecule has 0 aliphatic heterocycles. The maximum Gasteiger partial charge on any atom is 0.360 e. The summed E-state index contributed by atoms with van der Waals surface area (Å²) in [4.78, 5) is 11.8. The second kappa shape index (κ2) is 6.83. The molecule has 0 aliphatic rings. The summed E-state index contributed by atoms with van der Waals surface area (Å²) in [6.07, 6.45) is 0. The van der Waals surface area contributed by atoms with E-state index in [-0.39, 0.29) is 11.3 Å². The molecule has 0 saturated heterocycles. The smallest absolute Gasteiger partial charge is 0.360 e. The Balaban J connectivity index is 2.58. The van der Waals surface area contributed by atoms with Crippen molar-refractivity contribution in [2.45, 2.75) is 53.7 Å². The predicted molar refractivity (Wildman–Crippen MR) is 75.6 cm³/mol. The van der Waals surface area contributed by atoms with Gasteiger partial charge in [-0.05, 0) is 33.6 Å². The van der Waals surface area contributed by atoms with Crippen molar-refractivity contribution < 1.29 is 14.3 Å². The second-order valence-electron chi connectivity index (χ2n) is 6.20. The van der Waals surface area contributed by atoms with Crippen LogP contribution in [0.2, 0.25) is 0 Å². The Morgan fingerprint density at radius 3 is 2.55 bits per heavy atom. The van der Waals surface area contributed by atoms with Gasteiger partial charge in [-0.15, -0.1) is 5.10 Å². The van der Waals surface area contributed by atoms with Crippen molar-refractivity contribution in [3.63, 3.8) is 0 Å². The molecule has 1 rings (SSSR count). The van der Waals surface area contributed by atoms with Crippen molar-refractivity contribution in [2.75, 3.05) is 13.2 Å². The molecule has 20 heavy (non-hydrogen) atoms. The summed E-state index contributed by atoms with van der Waals surface area (Å²) in [7, 11) is 0. The molecule has 6 nitrogen and oxygen atoms in total. The topological polar surface area (TPSA) is 66.2 Å². The highest BCUT2D eigenvalue weighted by atomic mass is 16.5. The van der Waals surface area contributed by atoms with Gasteiger partial charge in [0.1, 0.15) is 0 Å². The van der Waals surface area contributed by atoms with Crippen LogP contribution >= 0.6 is 0 Å². The summed E-state index contributed by atoms with van der Waals surface area (Å²) in [6, 6.07) is 0. The number of hydrogen-bond acceptors (Lipinski definition) is 5. The van der Waals surface area contributed by atoms with Crippen molar-refractivity contribution in [3.8, 4) is 0 Å². The van der Waals surface area contributed by atoms with E-state index in [2.05, 4.69) is 10.3 Å². The van der Waals surface area contributed by atoms with Gasteiger partial charge in [-0.3, -0.25) is 0 Å². The molecule has 0 unspecified atom stereocenters. The largest absolute Gasteiger partial charge is 0.461 e. The Labute approximate surface area is 120 Å². The van der Waals surface area contributed by atoms with E-state index in [4.69, 9.17) is 9.47 Å². The molecule has 0 aliphatic carbocycles. The first-order chi connectivity index (χ1) is 9.20. The lowest BCUT2D eigenvalue weighted by Gasteiger charge is -2.19. The van der Waals surface area contributed by atoms with E-state index in [0.29, 0.717) is 31.4 Å². The molecule has 6 heteroatoms. The summed E-state index contributed by atoms with van der Waals surface area (Å²) < 4.78 is 12.5. The highest BCUT2D eigenvalue weighted by Gasteiger charge is 2.18. The maximum absolute atomic E-state index is 11.8. The zero-order valence-electron chi connectivity index (χ0n) is 13.3. The van der Waals surface area contributed by atoms with Crippen LogP contribution in [0.25, 0.3) is 0 Å². The van der Waals surface area contributed by atoms with Crippen LogP contribution < -0.4 is 0 Å². The minimum Gasteiger partial charge on any atom is -0.461 e. The van der Waals surface area contributed by atoms with E-state index in [1.807, 2.05) is 41.5 Å². The summed E-state index contributed by atoms with van der Waals surface area (Å²) in [6.45, 7) is 13.2. The molecular formula is C14H25N3O3. The van der Waals surface area contributed by atoms with Crippen LogP contribution in [0.5, 0.6) is 0 Å². The third-order valence-corrected chi connectivity index (χ3v) is 2.56. The lowest BCUT2D eigenvalue weighted by molar-refractivity contribution is -0.00826. The predicted octanol–water partition coefficient (Wildman–Crippen LogP) is 2.21. The number of aromatic nitrogens is 3. The quantitative estimate of drug-likeness (QED) is 0.749. The number of carbonyl (C=O) groups is 1. The number of nitrogens with zero attached hydrogens (tertiary/aromatic N) is 3. The van der Waals surface area contributed by atoms with E-state index < -0.39 is 5.97 Å². The van der Waals surface area contributed by atoms with E-state index in [0.717, 1.165) is 0 Å². The van der Waals surface area contributed by atoms with Gasteiger partial charge in [0.15, 0.2) is 5.69 Å². The lowest BCUT2D eigenvalue weighted by Crippen LogP contribution is -2.22. The van der Waals surface area contributed by atoms with Crippen molar-refractivity contribution >= 4 is 5.97 Å². The van der Waals surface area contributed by atoms with E-state index in [1.165, 1.54) is 0 Å². The van der Waals surface area contributed by atoms with Gasteiger partial charge >= 0.3 is 5.97 Å². The first-order valence-electron chi connectivity index (χ1n) is 6.92. The molecule has 0 radical (unpaired) electrons. The molecule has 0 saturated carbocycles. The molecule has 0 spiro atoms. The van der Waals surface area contributed by atoms with Crippen LogP contribution in [-0.4, -0.2) is 39.8 Å². The fraction of sp³-hybridized carbons (Fsp3) is 0.786. The summed E-state index contributed by atoms with van der Waals surface area (Å²) in [5.74, 6) is -0.117. The highest BCUT2D eigenvalue weighted by molar-refractivity contribution is 5.88. The molecular weight excluding hydrogens is 258 g/mol. The molecule has 0 N–H and O–H groups in total. The van der Waals surface area contributed by atoms with Crippen LogP contribution in [0.3, 0.4) is 0 Å². The summed E-state index contributed by atoms with van der Waals surface area (Å²) in [5, 5.41) is 7.86. The Bertz CT molecular complexity index is 447. The fourth-order valence-corrected chi connectivity index (χ4v) is 1.51. The van der Waals surface area contributed by atoms with Crippen LogP contribution in [-0.2, 0) is 16.0 Å². The zero-order chi connectivity index (χ0) is 15.3. The van der Waals surface area contributed by atoms with Gasteiger partial charge in [0.2, 0.25) is 0 Å². The maximum atomic E-state index is 11.8. The van der Waals surface area contributed by atoms with Crippen molar-refractivity contribution in [3.05, 3.63) is 11.4 Å². The third kappa shape index (κ3) is 5.28. The molecule has 0 aromatic carbocycles. The number of rotatable bonds is 6. The van der Waals surface area contributed by atoms with Crippen molar-refractivity contribution in [2.24, 2.45) is 5.92 Å². The van der Waals surface area contributed by atoms with Gasteiger partial charge in [-0.1, -0.05) is 19.1 Å². The van der Waals surface area contributed by atoms with Gasteiger partial charge in [0, 0.05) is 0 Å². The lowest BCUT2D eigenvalue weighted by atomic mass is 10.2. The molecule has 114 valence electrons. The molecule has 1 heterocycles. The first-order valence-corrected chi connectivity index (χ1v) is 6.92. The third-order valence-electron chi connectivity index (χ3n) is 2.56. The van der Waals surface area contributed by atoms with Gasteiger partial charge in [-0.25, -0.2) is 9.48 Å². The van der Waals surface area contributed by atoms with Crippen molar-refractivity contribution in [1.29, 1.82) is 0 Å². The SMILES string of the molecule is Cc1c(C(=O)OCC(C)C)nnn1CCOC(C)(C)C. The van der Waals surface area contributed by atoms with Gasteiger partial charge < -0.3 is 9.47 Å². The van der Waals surface area contributed by atoms with Gasteiger partial charge in [-0.2, -0.15) is 0 Å². The number of ether oxygens (including phenoxy) is 2. The van der Waals surface area contributed by atoms with Crippen molar-refractivity contribution in [1.82, 2.24) is 15.0 Å². The van der Waals surface area contributed by atoms with Gasteiger partial charge in [0.05, 0.1) is 31.1 Å². The van der Waals surface area contributed by atoms with Crippen LogP contribution in [0.1, 0.15) is 50.8 Å². The van der Waals surface area contributed by atoms with Crippen LogP contribution in [0.4, 0.5) is 0 Å². The standard InChI is InChI=1S/C14H25N3O3/c1-10(2)9-19-13(18)12-11(3)17(16-15-12)7-8-20-14(4,5)6/h10H,7-9H2,1-6H3. The Morgan fingerprint density at radius 1 is 1.35 bits per heavy atom. The molecule has 1 aromatic heterocycles. The Kier molecular flexibility index (Phi) is 5.68. The normalized spacial score (nSPS) is 11.9. The Morgan fingerprint density at radius 2 is 2.00 bits per heavy atom.